The molecule has 1 heteroatoms. The molecule has 3 saturated carbocycles. The van der Waals surface area contributed by atoms with Gasteiger partial charge in [-0.25, -0.2) is 0 Å². The molecule has 3 unspecified atom stereocenters. The summed E-state index contributed by atoms with van der Waals surface area (Å²) in [6.07, 6.45) is 10.3. The molecule has 3 aliphatic carbocycles. The third kappa shape index (κ3) is 1.41. The molecule has 14 heavy (non-hydrogen) atoms. The quantitative estimate of drug-likeness (QED) is 0.671. The van der Waals surface area contributed by atoms with Gasteiger partial charge in [0.2, 0.25) is 0 Å². The van der Waals surface area contributed by atoms with Crippen molar-refractivity contribution in [2.75, 3.05) is 0 Å². The van der Waals surface area contributed by atoms with E-state index in [2.05, 4.69) is 0 Å². The van der Waals surface area contributed by atoms with Gasteiger partial charge in [-0.05, 0) is 37.0 Å². The number of ketones is 1. The van der Waals surface area contributed by atoms with E-state index in [4.69, 9.17) is 0 Å². The molecular formula is C13H20O. The van der Waals surface area contributed by atoms with Crippen molar-refractivity contribution in [3.63, 3.8) is 0 Å². The fraction of sp³-hybridized carbons (Fsp3) is 0.923. The monoisotopic (exact) mass is 192 g/mol. The maximum atomic E-state index is 12.0. The smallest absolute Gasteiger partial charge is 0.136 e. The van der Waals surface area contributed by atoms with Gasteiger partial charge in [-0.1, -0.05) is 25.7 Å². The highest BCUT2D eigenvalue weighted by Crippen LogP contribution is 2.49. The number of carbonyl (C=O) groups excluding carboxylic acids is 1. The van der Waals surface area contributed by atoms with Gasteiger partial charge in [-0.3, -0.25) is 4.79 Å². The Morgan fingerprint density at radius 2 is 1.93 bits per heavy atom. The van der Waals surface area contributed by atoms with E-state index >= 15 is 0 Å². The van der Waals surface area contributed by atoms with E-state index in [1.165, 1.54) is 44.9 Å². The first kappa shape index (κ1) is 8.94. The maximum Gasteiger partial charge on any atom is 0.136 e. The normalized spacial score (nSPS) is 41.3. The maximum absolute atomic E-state index is 12.0. The molecule has 0 aromatic carbocycles. The summed E-state index contributed by atoms with van der Waals surface area (Å²) in [7, 11) is 0. The second-order valence-electron chi connectivity index (χ2n) is 5.75. The Morgan fingerprint density at radius 3 is 2.43 bits per heavy atom. The fourth-order valence-electron chi connectivity index (χ4n) is 3.77. The predicted molar refractivity (Wildman–Crippen MR) is 55.9 cm³/mol. The van der Waals surface area contributed by atoms with E-state index in [-0.39, 0.29) is 0 Å². The minimum atomic E-state index is 0.495. The van der Waals surface area contributed by atoms with Gasteiger partial charge in [-0.2, -0.15) is 0 Å². The van der Waals surface area contributed by atoms with Gasteiger partial charge < -0.3 is 0 Å². The average molecular weight is 192 g/mol. The topological polar surface area (TPSA) is 17.1 Å². The van der Waals surface area contributed by atoms with Crippen LogP contribution in [0.3, 0.4) is 0 Å². The van der Waals surface area contributed by atoms with Crippen molar-refractivity contribution in [2.24, 2.45) is 23.7 Å². The summed E-state index contributed by atoms with van der Waals surface area (Å²) in [5.74, 6) is 3.63. The Morgan fingerprint density at radius 1 is 1.07 bits per heavy atom. The van der Waals surface area contributed by atoms with Gasteiger partial charge in [0.15, 0.2) is 0 Å². The van der Waals surface area contributed by atoms with Crippen LogP contribution in [-0.2, 0) is 4.79 Å². The number of fused-ring (bicyclic) bond motifs is 2. The van der Waals surface area contributed by atoms with Crippen molar-refractivity contribution in [1.82, 2.24) is 0 Å². The first-order chi connectivity index (χ1) is 6.83. The highest BCUT2D eigenvalue weighted by molar-refractivity contribution is 5.82. The fourth-order valence-corrected chi connectivity index (χ4v) is 3.77. The zero-order valence-corrected chi connectivity index (χ0v) is 8.87. The standard InChI is InChI=1S/C13H20O/c14-13(8-9-2-1-3-9)12-7-10-4-5-11(12)6-10/h9-12H,1-8H2. The SMILES string of the molecule is O=C(CC1CCC1)C1CC2CCC1C2. The van der Waals surface area contributed by atoms with E-state index < -0.39 is 0 Å². The molecule has 0 saturated heterocycles. The molecule has 0 amide bonds. The zero-order chi connectivity index (χ0) is 9.54. The van der Waals surface area contributed by atoms with Crippen molar-refractivity contribution < 1.29 is 4.79 Å². The molecule has 0 radical (unpaired) electrons. The van der Waals surface area contributed by atoms with Crippen molar-refractivity contribution in [2.45, 2.75) is 51.4 Å². The van der Waals surface area contributed by atoms with Crippen molar-refractivity contribution in [3.05, 3.63) is 0 Å². The number of carbonyl (C=O) groups is 1. The lowest BCUT2D eigenvalue weighted by molar-refractivity contribution is -0.125. The Kier molecular flexibility index (Phi) is 2.14. The highest BCUT2D eigenvalue weighted by Gasteiger charge is 2.43. The van der Waals surface area contributed by atoms with Crippen LogP contribution in [0, 0.1) is 23.7 Å². The molecule has 0 aliphatic heterocycles. The van der Waals surface area contributed by atoms with E-state index in [0.29, 0.717) is 11.7 Å². The van der Waals surface area contributed by atoms with Crippen molar-refractivity contribution >= 4 is 5.78 Å². The molecule has 78 valence electrons. The first-order valence-corrected chi connectivity index (χ1v) is 6.35. The third-order valence-electron chi connectivity index (χ3n) is 4.87. The first-order valence-electron chi connectivity index (χ1n) is 6.35. The van der Waals surface area contributed by atoms with Gasteiger partial charge >= 0.3 is 0 Å². The van der Waals surface area contributed by atoms with Gasteiger partial charge in [0.1, 0.15) is 5.78 Å². The number of hydrogen-bond acceptors (Lipinski definition) is 1. The second kappa shape index (κ2) is 3.36. The van der Waals surface area contributed by atoms with Crippen LogP contribution in [0.5, 0.6) is 0 Å². The lowest BCUT2D eigenvalue weighted by atomic mass is 9.77. The highest BCUT2D eigenvalue weighted by atomic mass is 16.1. The van der Waals surface area contributed by atoms with Gasteiger partial charge in [0, 0.05) is 12.3 Å². The van der Waals surface area contributed by atoms with Gasteiger partial charge in [0.25, 0.3) is 0 Å². The van der Waals surface area contributed by atoms with Crippen LogP contribution in [0.2, 0.25) is 0 Å². The predicted octanol–water partition coefficient (Wildman–Crippen LogP) is 3.18. The number of Topliss-reactive ketones (excluding diaryl/α,β-unsaturated/α-hetero) is 1. The summed E-state index contributed by atoms with van der Waals surface area (Å²) in [6, 6.07) is 0. The Hall–Kier alpha value is -0.330. The van der Waals surface area contributed by atoms with Crippen LogP contribution < -0.4 is 0 Å². The van der Waals surface area contributed by atoms with Crippen LogP contribution >= 0.6 is 0 Å². The van der Waals surface area contributed by atoms with E-state index in [1.54, 1.807) is 0 Å². The lowest BCUT2D eigenvalue weighted by Gasteiger charge is -2.28. The molecule has 3 rings (SSSR count). The van der Waals surface area contributed by atoms with E-state index in [1.807, 2.05) is 0 Å². The summed E-state index contributed by atoms with van der Waals surface area (Å²) in [5.41, 5.74) is 0. The van der Waals surface area contributed by atoms with Gasteiger partial charge in [-0.15, -0.1) is 0 Å². The molecule has 0 spiro atoms. The van der Waals surface area contributed by atoms with Crippen molar-refractivity contribution in [3.8, 4) is 0 Å². The summed E-state index contributed by atoms with van der Waals surface area (Å²) < 4.78 is 0. The second-order valence-corrected chi connectivity index (χ2v) is 5.75. The minimum absolute atomic E-state index is 0.495. The number of rotatable bonds is 3. The van der Waals surface area contributed by atoms with Crippen LogP contribution in [-0.4, -0.2) is 5.78 Å². The van der Waals surface area contributed by atoms with Crippen molar-refractivity contribution in [1.29, 1.82) is 0 Å². The van der Waals surface area contributed by atoms with E-state index in [9.17, 15) is 4.79 Å². The molecule has 3 fully saturated rings. The molecule has 1 nitrogen and oxygen atoms in total. The molecule has 3 atom stereocenters. The summed E-state index contributed by atoms with van der Waals surface area (Å²) in [4.78, 5) is 12.0. The summed E-state index contributed by atoms with van der Waals surface area (Å²) in [5, 5.41) is 0. The Balaban J connectivity index is 1.57. The third-order valence-corrected chi connectivity index (χ3v) is 4.87. The Labute approximate surface area is 86.3 Å². The molecule has 0 heterocycles. The van der Waals surface area contributed by atoms with Crippen LogP contribution in [0.4, 0.5) is 0 Å². The van der Waals surface area contributed by atoms with Crippen LogP contribution in [0.1, 0.15) is 51.4 Å². The molecule has 0 N–H and O–H groups in total. The van der Waals surface area contributed by atoms with Gasteiger partial charge in [0.05, 0.1) is 0 Å². The Bertz CT molecular complexity index is 242. The summed E-state index contributed by atoms with van der Waals surface area (Å²) in [6.45, 7) is 0. The minimum Gasteiger partial charge on any atom is -0.299 e. The van der Waals surface area contributed by atoms with E-state index in [0.717, 1.165) is 24.2 Å². The van der Waals surface area contributed by atoms with Crippen LogP contribution in [0.25, 0.3) is 0 Å². The molecular weight excluding hydrogens is 172 g/mol. The molecule has 0 aromatic rings. The summed E-state index contributed by atoms with van der Waals surface area (Å²) >= 11 is 0. The zero-order valence-electron chi connectivity index (χ0n) is 8.87. The lowest BCUT2D eigenvalue weighted by Crippen LogP contribution is -2.25. The average Bonchev–Trinajstić information content (AvgIpc) is 2.71. The van der Waals surface area contributed by atoms with Crippen LogP contribution in [0.15, 0.2) is 0 Å². The molecule has 0 aromatic heterocycles. The largest absolute Gasteiger partial charge is 0.299 e. The molecule has 3 aliphatic rings. The number of hydrogen-bond donors (Lipinski definition) is 0. The molecule has 2 bridgehead atoms.